The summed E-state index contributed by atoms with van der Waals surface area (Å²) in [6, 6.07) is 8.48. The lowest BCUT2D eigenvalue weighted by Crippen LogP contribution is -2.44. The lowest BCUT2D eigenvalue weighted by molar-refractivity contribution is -0.140. The fraction of sp³-hybridized carbons (Fsp3) is 0.467. The zero-order chi connectivity index (χ0) is 15.1. The van der Waals surface area contributed by atoms with Crippen molar-refractivity contribution < 1.29 is 9.59 Å². The minimum Gasteiger partial charge on any atom is -0.347 e. The molecule has 0 aliphatic heterocycles. The molecule has 1 aromatic carbocycles. The van der Waals surface area contributed by atoms with Gasteiger partial charge in [0.25, 0.3) is 0 Å². The second-order valence-electron chi connectivity index (χ2n) is 4.94. The molecular weight excluding hydrogens is 254 g/mol. The van der Waals surface area contributed by atoms with Crippen LogP contribution in [0.2, 0.25) is 0 Å². The maximum absolute atomic E-state index is 12.4. The van der Waals surface area contributed by atoms with Gasteiger partial charge in [0.15, 0.2) is 0 Å². The molecule has 1 rings (SSSR count). The molecular formula is C15H23N3O2. The van der Waals surface area contributed by atoms with Crippen molar-refractivity contribution in [2.24, 2.45) is 5.73 Å². The van der Waals surface area contributed by atoms with Crippen LogP contribution in [0.15, 0.2) is 30.3 Å². The van der Waals surface area contributed by atoms with E-state index in [9.17, 15) is 9.59 Å². The minimum absolute atomic E-state index is 0.0696. The lowest BCUT2D eigenvalue weighted by atomic mass is 10.1. The van der Waals surface area contributed by atoms with Gasteiger partial charge in [0.1, 0.15) is 6.04 Å². The van der Waals surface area contributed by atoms with E-state index in [0.717, 1.165) is 12.0 Å². The third kappa shape index (κ3) is 4.35. The quantitative estimate of drug-likeness (QED) is 0.844. The number of nitrogens with zero attached hydrogens (tertiary/aromatic N) is 2. The van der Waals surface area contributed by atoms with Gasteiger partial charge in [-0.05, 0) is 12.0 Å². The SMILES string of the molecule is CCCN(CC(=O)N(C)C)C(=O)[C@H](N)c1ccccc1. The molecule has 0 aliphatic carbocycles. The average molecular weight is 277 g/mol. The molecule has 0 aromatic heterocycles. The van der Waals surface area contributed by atoms with Gasteiger partial charge in [0, 0.05) is 20.6 Å². The Bertz CT molecular complexity index is 446. The van der Waals surface area contributed by atoms with E-state index in [0.29, 0.717) is 6.54 Å². The van der Waals surface area contributed by atoms with Gasteiger partial charge in [-0.25, -0.2) is 0 Å². The fourth-order valence-corrected chi connectivity index (χ4v) is 1.84. The highest BCUT2D eigenvalue weighted by Gasteiger charge is 2.24. The molecule has 20 heavy (non-hydrogen) atoms. The van der Waals surface area contributed by atoms with Crippen LogP contribution in [-0.4, -0.2) is 48.8 Å². The maximum Gasteiger partial charge on any atom is 0.244 e. The molecule has 0 unspecified atom stereocenters. The van der Waals surface area contributed by atoms with Crippen molar-refractivity contribution in [3.8, 4) is 0 Å². The summed E-state index contributed by atoms with van der Waals surface area (Å²) in [5.74, 6) is -0.319. The van der Waals surface area contributed by atoms with Crippen LogP contribution < -0.4 is 5.73 Å². The number of carbonyl (C=O) groups is 2. The van der Waals surface area contributed by atoms with Crippen molar-refractivity contribution in [2.45, 2.75) is 19.4 Å². The standard InChI is InChI=1S/C15H23N3O2/c1-4-10-18(11-13(19)17(2)3)15(20)14(16)12-8-6-5-7-9-12/h5-9,14H,4,10-11,16H2,1-3H3/t14-/m1/s1. The number of nitrogens with two attached hydrogens (primary N) is 1. The molecule has 0 saturated heterocycles. The Morgan fingerprint density at radius 1 is 1.20 bits per heavy atom. The van der Waals surface area contributed by atoms with Gasteiger partial charge < -0.3 is 15.5 Å². The average Bonchev–Trinajstić information content (AvgIpc) is 2.46. The molecule has 2 N–H and O–H groups in total. The van der Waals surface area contributed by atoms with E-state index in [1.807, 2.05) is 37.3 Å². The van der Waals surface area contributed by atoms with Crippen molar-refractivity contribution in [1.82, 2.24) is 9.80 Å². The van der Waals surface area contributed by atoms with E-state index in [-0.39, 0.29) is 18.4 Å². The highest BCUT2D eigenvalue weighted by atomic mass is 16.2. The molecule has 5 heteroatoms. The molecule has 0 saturated carbocycles. The Kier molecular flexibility index (Phi) is 6.18. The van der Waals surface area contributed by atoms with Crippen LogP contribution in [0.3, 0.4) is 0 Å². The smallest absolute Gasteiger partial charge is 0.244 e. The fourth-order valence-electron chi connectivity index (χ4n) is 1.84. The van der Waals surface area contributed by atoms with Gasteiger partial charge in [-0.1, -0.05) is 37.3 Å². The third-order valence-corrected chi connectivity index (χ3v) is 3.05. The third-order valence-electron chi connectivity index (χ3n) is 3.05. The van der Waals surface area contributed by atoms with Gasteiger partial charge in [-0.2, -0.15) is 0 Å². The molecule has 0 bridgehead atoms. The van der Waals surface area contributed by atoms with Crippen molar-refractivity contribution in [3.05, 3.63) is 35.9 Å². The van der Waals surface area contributed by atoms with E-state index in [2.05, 4.69) is 0 Å². The molecule has 1 atom stereocenters. The highest BCUT2D eigenvalue weighted by molar-refractivity contribution is 5.88. The topological polar surface area (TPSA) is 66.6 Å². The summed E-state index contributed by atoms with van der Waals surface area (Å²) < 4.78 is 0. The second kappa shape index (κ2) is 7.65. The van der Waals surface area contributed by atoms with Gasteiger partial charge in [-0.15, -0.1) is 0 Å². The zero-order valence-corrected chi connectivity index (χ0v) is 12.4. The highest BCUT2D eigenvalue weighted by Crippen LogP contribution is 2.13. The van der Waals surface area contributed by atoms with Crippen LogP contribution in [0.1, 0.15) is 24.9 Å². The molecule has 110 valence electrons. The summed E-state index contributed by atoms with van der Waals surface area (Å²) in [6.45, 7) is 2.56. The number of likely N-dealkylation sites (N-methyl/N-ethyl adjacent to an activating group) is 1. The predicted molar refractivity (Wildman–Crippen MR) is 78.9 cm³/mol. The number of benzene rings is 1. The first-order valence-electron chi connectivity index (χ1n) is 6.76. The van der Waals surface area contributed by atoms with Crippen LogP contribution in [0.4, 0.5) is 0 Å². The van der Waals surface area contributed by atoms with E-state index in [1.165, 1.54) is 9.80 Å². The van der Waals surface area contributed by atoms with Gasteiger partial charge in [-0.3, -0.25) is 9.59 Å². The van der Waals surface area contributed by atoms with Gasteiger partial charge >= 0.3 is 0 Å². The predicted octanol–water partition coefficient (Wildman–Crippen LogP) is 1.01. The molecule has 0 radical (unpaired) electrons. The van der Waals surface area contributed by atoms with Crippen LogP contribution in [0, 0.1) is 0 Å². The largest absolute Gasteiger partial charge is 0.347 e. The molecule has 0 aliphatic rings. The second-order valence-corrected chi connectivity index (χ2v) is 4.94. The summed E-state index contributed by atoms with van der Waals surface area (Å²) in [6.07, 6.45) is 0.786. The Balaban J connectivity index is 2.80. The summed E-state index contributed by atoms with van der Waals surface area (Å²) >= 11 is 0. The molecule has 5 nitrogen and oxygen atoms in total. The minimum atomic E-state index is -0.724. The van der Waals surface area contributed by atoms with Crippen molar-refractivity contribution in [1.29, 1.82) is 0 Å². The first-order chi connectivity index (χ1) is 9.47. The Hall–Kier alpha value is -1.88. The van der Waals surface area contributed by atoms with Crippen molar-refractivity contribution >= 4 is 11.8 Å². The molecule has 0 heterocycles. The Morgan fingerprint density at radius 3 is 2.30 bits per heavy atom. The van der Waals surface area contributed by atoms with Crippen molar-refractivity contribution in [2.75, 3.05) is 27.2 Å². The molecule has 0 spiro atoms. The number of hydrogen-bond acceptors (Lipinski definition) is 3. The van der Waals surface area contributed by atoms with E-state index in [1.54, 1.807) is 14.1 Å². The number of hydrogen-bond donors (Lipinski definition) is 1. The number of rotatable bonds is 6. The lowest BCUT2D eigenvalue weighted by Gasteiger charge is -2.26. The normalized spacial score (nSPS) is 11.8. The van der Waals surface area contributed by atoms with Crippen molar-refractivity contribution in [3.63, 3.8) is 0 Å². The van der Waals surface area contributed by atoms with Crippen LogP contribution in [0.25, 0.3) is 0 Å². The molecule has 2 amide bonds. The van der Waals surface area contributed by atoms with E-state index < -0.39 is 6.04 Å². The van der Waals surface area contributed by atoms with E-state index >= 15 is 0 Å². The summed E-state index contributed by atoms with van der Waals surface area (Å²) in [5, 5.41) is 0. The number of carbonyl (C=O) groups excluding carboxylic acids is 2. The summed E-state index contributed by atoms with van der Waals surface area (Å²) in [5.41, 5.74) is 6.77. The van der Waals surface area contributed by atoms with Crippen LogP contribution in [-0.2, 0) is 9.59 Å². The van der Waals surface area contributed by atoms with Crippen LogP contribution in [0.5, 0.6) is 0 Å². The Morgan fingerprint density at radius 2 is 1.80 bits per heavy atom. The summed E-state index contributed by atoms with van der Waals surface area (Å²) in [7, 11) is 3.35. The maximum atomic E-state index is 12.4. The summed E-state index contributed by atoms with van der Waals surface area (Å²) in [4.78, 5) is 27.2. The monoisotopic (exact) mass is 277 g/mol. The first-order valence-corrected chi connectivity index (χ1v) is 6.76. The number of amides is 2. The van der Waals surface area contributed by atoms with Gasteiger partial charge in [0.05, 0.1) is 6.54 Å². The van der Waals surface area contributed by atoms with Crippen LogP contribution >= 0.6 is 0 Å². The molecule has 0 fully saturated rings. The van der Waals surface area contributed by atoms with Gasteiger partial charge in [0.2, 0.25) is 11.8 Å². The molecule has 1 aromatic rings. The van der Waals surface area contributed by atoms with E-state index in [4.69, 9.17) is 5.73 Å². The zero-order valence-electron chi connectivity index (χ0n) is 12.4. The Labute approximate surface area is 120 Å². The first kappa shape index (κ1) is 16.2.